The van der Waals surface area contributed by atoms with E-state index in [1.165, 1.54) is 18.2 Å². The molecule has 1 aromatic rings. The van der Waals surface area contributed by atoms with Gasteiger partial charge in [-0.05, 0) is 19.1 Å². The Labute approximate surface area is 90.2 Å². The SMILES string of the molecule is CCOC(=O)c1cccc(CC(F)(F)F)n1. The first-order valence-electron chi connectivity index (χ1n) is 4.62. The summed E-state index contributed by atoms with van der Waals surface area (Å²) in [5, 5.41) is 0. The highest BCUT2D eigenvalue weighted by atomic mass is 19.4. The van der Waals surface area contributed by atoms with Gasteiger partial charge < -0.3 is 4.74 Å². The Morgan fingerprint density at radius 3 is 2.69 bits per heavy atom. The molecular formula is C10H10F3NO2. The third-order valence-corrected chi connectivity index (χ3v) is 1.67. The highest BCUT2D eigenvalue weighted by molar-refractivity contribution is 5.87. The smallest absolute Gasteiger partial charge is 0.394 e. The van der Waals surface area contributed by atoms with Crippen LogP contribution in [0, 0.1) is 0 Å². The summed E-state index contributed by atoms with van der Waals surface area (Å²) >= 11 is 0. The third kappa shape index (κ3) is 3.88. The highest BCUT2D eigenvalue weighted by Gasteiger charge is 2.28. The topological polar surface area (TPSA) is 39.2 Å². The number of pyridine rings is 1. The van der Waals surface area contributed by atoms with Gasteiger partial charge in [0, 0.05) is 0 Å². The molecule has 0 atom stereocenters. The maximum absolute atomic E-state index is 12.1. The lowest BCUT2D eigenvalue weighted by Gasteiger charge is -2.06. The van der Waals surface area contributed by atoms with Crippen molar-refractivity contribution in [2.75, 3.05) is 6.61 Å². The first kappa shape index (κ1) is 12.5. The predicted octanol–water partition coefficient (Wildman–Crippen LogP) is 2.36. The lowest BCUT2D eigenvalue weighted by Crippen LogP contribution is -2.15. The normalized spacial score (nSPS) is 11.2. The van der Waals surface area contributed by atoms with Gasteiger partial charge in [-0.3, -0.25) is 0 Å². The fourth-order valence-electron chi connectivity index (χ4n) is 1.10. The molecule has 88 valence electrons. The number of nitrogens with zero attached hydrogens (tertiary/aromatic N) is 1. The first-order valence-corrected chi connectivity index (χ1v) is 4.62. The fraction of sp³-hybridized carbons (Fsp3) is 0.400. The lowest BCUT2D eigenvalue weighted by atomic mass is 10.2. The molecule has 0 N–H and O–H groups in total. The highest BCUT2D eigenvalue weighted by Crippen LogP contribution is 2.20. The van der Waals surface area contributed by atoms with Crippen molar-refractivity contribution in [2.24, 2.45) is 0 Å². The zero-order valence-electron chi connectivity index (χ0n) is 8.54. The Morgan fingerprint density at radius 1 is 1.44 bits per heavy atom. The molecule has 16 heavy (non-hydrogen) atoms. The minimum Gasteiger partial charge on any atom is -0.461 e. The van der Waals surface area contributed by atoms with Gasteiger partial charge in [-0.15, -0.1) is 0 Å². The maximum atomic E-state index is 12.1. The van der Waals surface area contributed by atoms with E-state index in [0.29, 0.717) is 0 Å². The van der Waals surface area contributed by atoms with Crippen molar-refractivity contribution in [3.63, 3.8) is 0 Å². The molecule has 0 radical (unpaired) electrons. The van der Waals surface area contributed by atoms with E-state index in [4.69, 9.17) is 0 Å². The first-order chi connectivity index (χ1) is 7.42. The van der Waals surface area contributed by atoms with Gasteiger partial charge in [0.15, 0.2) is 0 Å². The number of aromatic nitrogens is 1. The average Bonchev–Trinajstić information content (AvgIpc) is 2.16. The molecule has 0 aliphatic rings. The molecule has 0 bridgehead atoms. The van der Waals surface area contributed by atoms with Gasteiger partial charge in [0.05, 0.1) is 18.7 Å². The Balaban J connectivity index is 2.83. The number of halogens is 3. The van der Waals surface area contributed by atoms with E-state index in [0.717, 1.165) is 0 Å². The Kier molecular flexibility index (Phi) is 3.87. The van der Waals surface area contributed by atoms with E-state index < -0.39 is 18.6 Å². The molecule has 1 heterocycles. The van der Waals surface area contributed by atoms with Gasteiger partial charge >= 0.3 is 12.1 Å². The van der Waals surface area contributed by atoms with Crippen LogP contribution < -0.4 is 0 Å². The van der Waals surface area contributed by atoms with Crippen LogP contribution in [-0.4, -0.2) is 23.7 Å². The summed E-state index contributed by atoms with van der Waals surface area (Å²) in [7, 11) is 0. The van der Waals surface area contributed by atoms with Gasteiger partial charge in [0.2, 0.25) is 0 Å². The fourth-order valence-corrected chi connectivity index (χ4v) is 1.10. The molecule has 0 aliphatic heterocycles. The van der Waals surface area contributed by atoms with E-state index >= 15 is 0 Å². The van der Waals surface area contributed by atoms with Crippen LogP contribution in [0.4, 0.5) is 13.2 Å². The summed E-state index contributed by atoms with van der Waals surface area (Å²) in [6, 6.07) is 3.88. The number of esters is 1. The van der Waals surface area contributed by atoms with Crippen molar-refractivity contribution in [2.45, 2.75) is 19.5 Å². The van der Waals surface area contributed by atoms with Crippen LogP contribution in [0.15, 0.2) is 18.2 Å². The van der Waals surface area contributed by atoms with E-state index in [9.17, 15) is 18.0 Å². The Hall–Kier alpha value is -1.59. The van der Waals surface area contributed by atoms with E-state index in [1.807, 2.05) is 0 Å². The van der Waals surface area contributed by atoms with Crippen molar-refractivity contribution in [1.29, 1.82) is 0 Å². The van der Waals surface area contributed by atoms with Crippen molar-refractivity contribution >= 4 is 5.97 Å². The summed E-state index contributed by atoms with van der Waals surface area (Å²) < 4.78 is 40.8. The molecular weight excluding hydrogens is 223 g/mol. The molecule has 0 aliphatic carbocycles. The van der Waals surface area contributed by atoms with Crippen LogP contribution >= 0.6 is 0 Å². The average molecular weight is 233 g/mol. The largest absolute Gasteiger partial charge is 0.461 e. The zero-order valence-corrected chi connectivity index (χ0v) is 8.54. The summed E-state index contributed by atoms with van der Waals surface area (Å²) in [6.45, 7) is 1.77. The van der Waals surface area contributed by atoms with Gasteiger partial charge in [0.1, 0.15) is 5.69 Å². The van der Waals surface area contributed by atoms with Crippen LogP contribution in [0.3, 0.4) is 0 Å². The summed E-state index contributed by atoms with van der Waals surface area (Å²) in [6.07, 6.45) is -5.49. The van der Waals surface area contributed by atoms with E-state index in [-0.39, 0.29) is 18.0 Å². The maximum Gasteiger partial charge on any atom is 0.394 e. The van der Waals surface area contributed by atoms with Crippen molar-refractivity contribution in [3.05, 3.63) is 29.6 Å². The van der Waals surface area contributed by atoms with Gasteiger partial charge in [-0.2, -0.15) is 13.2 Å². The lowest BCUT2D eigenvalue weighted by molar-refractivity contribution is -0.127. The van der Waals surface area contributed by atoms with Gasteiger partial charge in [-0.1, -0.05) is 6.07 Å². The zero-order chi connectivity index (χ0) is 12.2. The molecule has 1 rings (SSSR count). The standard InChI is InChI=1S/C10H10F3NO2/c1-2-16-9(15)8-5-3-4-7(14-8)6-10(11,12)13/h3-5H,2,6H2,1H3. The van der Waals surface area contributed by atoms with E-state index in [1.54, 1.807) is 6.92 Å². The minimum absolute atomic E-state index is 0.108. The molecule has 0 amide bonds. The summed E-state index contributed by atoms with van der Waals surface area (Å²) in [5.41, 5.74) is -0.304. The van der Waals surface area contributed by atoms with Crippen molar-refractivity contribution in [1.82, 2.24) is 4.98 Å². The van der Waals surface area contributed by atoms with Crippen LogP contribution in [0.2, 0.25) is 0 Å². The van der Waals surface area contributed by atoms with Crippen LogP contribution in [0.1, 0.15) is 23.1 Å². The quantitative estimate of drug-likeness (QED) is 0.752. The molecule has 0 saturated heterocycles. The second-order valence-electron chi connectivity index (χ2n) is 3.03. The van der Waals surface area contributed by atoms with Gasteiger partial charge in [0.25, 0.3) is 0 Å². The molecule has 0 fully saturated rings. The van der Waals surface area contributed by atoms with Crippen LogP contribution in [-0.2, 0) is 11.2 Å². The van der Waals surface area contributed by atoms with Crippen LogP contribution in [0.25, 0.3) is 0 Å². The third-order valence-electron chi connectivity index (χ3n) is 1.67. The predicted molar refractivity (Wildman–Crippen MR) is 50.0 cm³/mol. The molecule has 6 heteroatoms. The van der Waals surface area contributed by atoms with Crippen molar-refractivity contribution in [3.8, 4) is 0 Å². The second kappa shape index (κ2) is 4.96. The molecule has 1 aromatic heterocycles. The molecule has 0 unspecified atom stereocenters. The molecule has 0 spiro atoms. The number of alkyl halides is 3. The summed E-state index contributed by atoms with van der Waals surface area (Å²) in [5.74, 6) is -0.716. The monoisotopic (exact) mass is 233 g/mol. The number of ether oxygens (including phenoxy) is 1. The molecule has 0 aromatic carbocycles. The van der Waals surface area contributed by atoms with Gasteiger partial charge in [-0.25, -0.2) is 9.78 Å². The second-order valence-corrected chi connectivity index (χ2v) is 3.03. The number of rotatable bonds is 3. The number of hydrogen-bond donors (Lipinski definition) is 0. The van der Waals surface area contributed by atoms with E-state index in [2.05, 4.69) is 9.72 Å². The number of carbonyl (C=O) groups excluding carboxylic acids is 1. The van der Waals surface area contributed by atoms with Crippen molar-refractivity contribution < 1.29 is 22.7 Å². The Bertz CT molecular complexity index is 377. The number of carbonyl (C=O) groups is 1. The Morgan fingerprint density at radius 2 is 2.12 bits per heavy atom. The van der Waals surface area contributed by atoms with Crippen LogP contribution in [0.5, 0.6) is 0 Å². The molecule has 0 saturated carbocycles. The number of hydrogen-bond acceptors (Lipinski definition) is 3. The minimum atomic E-state index is -4.33. The summed E-state index contributed by atoms with van der Waals surface area (Å²) in [4.78, 5) is 14.8. The molecule has 3 nitrogen and oxygen atoms in total.